The van der Waals surface area contributed by atoms with E-state index in [0.717, 1.165) is 10.5 Å². The van der Waals surface area contributed by atoms with Gasteiger partial charge < -0.3 is 4.90 Å². The zero-order valence-electron chi connectivity index (χ0n) is 57.4. The van der Waals surface area contributed by atoms with Crippen molar-refractivity contribution in [1.82, 2.24) is 0 Å². The number of fused-ring (bicyclic) bond motifs is 5. The Bertz CT molecular complexity index is 4370. The average Bonchev–Trinajstić information content (AvgIpc) is 2.92. The van der Waals surface area contributed by atoms with E-state index in [1.165, 1.54) is 20.8 Å². The average molecular weight is 748 g/mol. The monoisotopic (exact) mass is 748 g/mol. The Hall–Kier alpha value is -6.44. The Labute approximate surface area is 368 Å². The molecule has 9 rings (SSSR count). The Balaban J connectivity index is 1.51. The zero-order chi connectivity index (χ0) is 61.3. The third-order valence-electron chi connectivity index (χ3n) is 10.4. The van der Waals surface area contributed by atoms with Crippen LogP contribution in [-0.2, 0) is 0 Å². The molecule has 0 saturated heterocycles. The third-order valence-corrected chi connectivity index (χ3v) is 10.4. The lowest BCUT2D eigenvalue weighted by Gasteiger charge is -2.29. The van der Waals surface area contributed by atoms with Gasteiger partial charge in [-0.05, 0) is 189 Å². The van der Waals surface area contributed by atoms with Crippen LogP contribution in [0.5, 0.6) is 0 Å². The fourth-order valence-corrected chi connectivity index (χ4v) is 6.75. The van der Waals surface area contributed by atoms with Gasteiger partial charge in [-0.15, -0.1) is 0 Å². The van der Waals surface area contributed by atoms with Crippen LogP contribution in [0.15, 0.2) is 157 Å². The first kappa shape index (κ1) is 16.7. The van der Waals surface area contributed by atoms with Crippen LogP contribution < -0.4 is 4.90 Å². The summed E-state index contributed by atoms with van der Waals surface area (Å²) in [6.07, 6.45) is 0. The van der Waals surface area contributed by atoms with Crippen molar-refractivity contribution in [2.75, 3.05) is 4.90 Å². The molecule has 0 radical (unpaired) electrons. The zero-order valence-corrected chi connectivity index (χ0v) is 31.4. The van der Waals surface area contributed by atoms with Crippen molar-refractivity contribution in [2.24, 2.45) is 0 Å². The SMILES string of the molecule is [2H]c1c([2H])c([2H])c(-c2c([2H])c([2H])c(N(c3c([2H])c([2H])c(-c4c([2H])c([2H])c([2H])c(-c5c([2H])c(C)c(C)c(C)c5C)c4[2H])c([2H])c3[2H])c3c([2H])c([2H])c4c([2H])c([2H])c5c6c([2H])c([2H])c([2H])c([2H])c6c([2H])c([2H])c5c4c3[2H])c(C)c2C)c(C)c1[2H]. The molecule has 0 aliphatic rings. The van der Waals surface area contributed by atoms with Gasteiger partial charge >= 0.3 is 0 Å². The molecule has 9 aromatic rings. The van der Waals surface area contributed by atoms with Gasteiger partial charge in [0.15, 0.2) is 0 Å². The number of anilines is 3. The van der Waals surface area contributed by atoms with E-state index < -0.39 is 212 Å². The highest BCUT2D eigenvalue weighted by Crippen LogP contribution is 2.43. The second-order valence-electron chi connectivity index (χ2n) is 13.5. The van der Waals surface area contributed by atoms with E-state index in [4.69, 9.17) is 17.8 Å². The van der Waals surface area contributed by atoms with E-state index in [0.29, 0.717) is 16.7 Å². The van der Waals surface area contributed by atoms with Crippen molar-refractivity contribution < 1.29 is 35.6 Å². The molecule has 0 unspecified atom stereocenters. The van der Waals surface area contributed by atoms with E-state index in [-0.39, 0.29) is 45.0 Å². The molecular weight excluding hydrogens is 675 g/mol. The second kappa shape index (κ2) is 14.0. The van der Waals surface area contributed by atoms with E-state index in [1.807, 2.05) is 0 Å². The predicted octanol–water partition coefficient (Wildman–Crippen LogP) is 15.8. The van der Waals surface area contributed by atoms with Crippen LogP contribution in [0.3, 0.4) is 0 Å². The van der Waals surface area contributed by atoms with Crippen LogP contribution in [0.1, 0.15) is 74.6 Å². The predicted molar refractivity (Wildman–Crippen MR) is 243 cm³/mol. The minimum atomic E-state index is -1.06. The van der Waals surface area contributed by atoms with Gasteiger partial charge in [-0.25, -0.2) is 0 Å². The van der Waals surface area contributed by atoms with Gasteiger partial charge in [0.05, 0.1) is 35.6 Å². The van der Waals surface area contributed by atoms with Crippen LogP contribution in [0.2, 0.25) is 0 Å². The molecule has 0 aliphatic carbocycles. The third kappa shape index (κ3) is 5.96. The first-order chi connectivity index (χ1) is 38.1. The molecule has 56 heavy (non-hydrogen) atoms. The fourth-order valence-electron chi connectivity index (χ4n) is 6.75. The molecule has 0 spiro atoms. The normalized spacial score (nSPS) is 18.0. The lowest BCUT2D eigenvalue weighted by molar-refractivity contribution is 1.22. The number of nitrogens with zero attached hydrogens (tertiary/aromatic N) is 1. The van der Waals surface area contributed by atoms with E-state index in [1.54, 1.807) is 27.7 Å². The van der Waals surface area contributed by atoms with E-state index >= 15 is 0 Å². The summed E-state index contributed by atoms with van der Waals surface area (Å²) >= 11 is 0. The maximum absolute atomic E-state index is 10.2. The molecule has 0 heterocycles. The van der Waals surface area contributed by atoms with Crippen LogP contribution in [-0.4, -0.2) is 0 Å². The fraction of sp³-hybridized carbons (Fsp3) is 0.127. The first-order valence-corrected chi connectivity index (χ1v) is 17.7. The summed E-state index contributed by atoms with van der Waals surface area (Å²) in [4.78, 5) is 0.722. The lowest BCUT2D eigenvalue weighted by Crippen LogP contribution is -2.12. The number of hydrogen-bond donors (Lipinski definition) is 0. The summed E-state index contributed by atoms with van der Waals surface area (Å²) in [5, 5.41) is -3.31. The first-order valence-electron chi connectivity index (χ1n) is 30.7. The molecule has 0 N–H and O–H groups in total. The summed E-state index contributed by atoms with van der Waals surface area (Å²) in [6.45, 7) is 11.0. The van der Waals surface area contributed by atoms with Crippen molar-refractivity contribution in [1.29, 1.82) is 0 Å². The molecule has 0 saturated carbocycles. The summed E-state index contributed by atoms with van der Waals surface area (Å²) in [7, 11) is 0. The standard InChI is InChI=1S/C55H47N/c1-34-13-8-10-17-48(34)49-29-30-55(40(7)39(49)6)56(47-26-21-43-23-27-51-50-18-11-9-14-42(50)22-28-52(51)54(43)33-47)46-24-19-41(20-25-46)44-15-12-16-45(32-44)53-31-35(2)36(3)37(4)38(53)5/h8-33H,1-7H3/i8D,9D,10D,11D,12D,13D,14D,15D,16D,17D,18D,19D,20D,21D,22D,23D,24D,25D,26D,27D,28D,29D,30D,31D,32D,33D. The van der Waals surface area contributed by atoms with Gasteiger partial charge in [0.2, 0.25) is 0 Å². The van der Waals surface area contributed by atoms with Gasteiger partial charge in [0.25, 0.3) is 0 Å². The van der Waals surface area contributed by atoms with Crippen molar-refractivity contribution in [3.05, 3.63) is 196 Å². The summed E-state index contributed by atoms with van der Waals surface area (Å²) in [5.41, 5.74) is -1.96. The highest BCUT2D eigenvalue weighted by atomic mass is 15.1. The van der Waals surface area contributed by atoms with Gasteiger partial charge in [0.1, 0.15) is 0 Å². The largest absolute Gasteiger partial charge is 0.310 e. The van der Waals surface area contributed by atoms with Gasteiger partial charge in [-0.1, -0.05) is 121 Å². The molecule has 272 valence electrons. The maximum atomic E-state index is 10.2. The molecule has 0 aromatic heterocycles. The highest BCUT2D eigenvalue weighted by molar-refractivity contribution is 6.17. The number of benzene rings is 9. The Kier molecular flexibility index (Phi) is 4.19. The Morgan fingerprint density at radius 1 is 0.339 bits per heavy atom. The van der Waals surface area contributed by atoms with Crippen molar-refractivity contribution in [3.8, 4) is 33.4 Å². The molecule has 0 atom stereocenters. The van der Waals surface area contributed by atoms with Crippen LogP contribution in [0.4, 0.5) is 17.1 Å². The van der Waals surface area contributed by atoms with E-state index in [9.17, 15) is 17.8 Å². The Morgan fingerprint density at radius 3 is 1.79 bits per heavy atom. The van der Waals surface area contributed by atoms with Gasteiger partial charge in [-0.3, -0.25) is 0 Å². The van der Waals surface area contributed by atoms with Crippen LogP contribution in [0.25, 0.3) is 65.7 Å². The number of hydrogen-bond acceptors (Lipinski definition) is 1. The van der Waals surface area contributed by atoms with Crippen molar-refractivity contribution in [2.45, 2.75) is 48.5 Å². The Morgan fingerprint density at radius 2 is 0.982 bits per heavy atom. The summed E-state index contributed by atoms with van der Waals surface area (Å²) in [5.74, 6) is 0. The molecule has 0 fully saturated rings. The minimum absolute atomic E-state index is 0.0117. The minimum Gasteiger partial charge on any atom is -0.310 e. The lowest BCUT2D eigenvalue weighted by atomic mass is 9.90. The second-order valence-corrected chi connectivity index (χ2v) is 13.5. The molecule has 9 aromatic carbocycles. The van der Waals surface area contributed by atoms with Crippen LogP contribution in [0, 0.1) is 48.5 Å². The molecular formula is C55H47N. The van der Waals surface area contributed by atoms with Crippen LogP contribution >= 0.6 is 0 Å². The molecule has 1 heteroatoms. The van der Waals surface area contributed by atoms with Gasteiger partial charge in [-0.2, -0.15) is 0 Å². The topological polar surface area (TPSA) is 3.24 Å². The molecule has 0 bridgehead atoms. The quantitative estimate of drug-likeness (QED) is 0.153. The maximum Gasteiger partial charge on any atom is 0.0652 e. The summed E-state index contributed by atoms with van der Waals surface area (Å²) in [6, 6.07) is -20.5. The highest BCUT2D eigenvalue weighted by Gasteiger charge is 2.20. The van der Waals surface area contributed by atoms with Crippen molar-refractivity contribution in [3.63, 3.8) is 0 Å². The van der Waals surface area contributed by atoms with Gasteiger partial charge in [0, 0.05) is 17.1 Å². The molecule has 0 aliphatic heterocycles. The smallest absolute Gasteiger partial charge is 0.0652 e. The molecule has 0 amide bonds. The summed E-state index contributed by atoms with van der Waals surface area (Å²) < 4.78 is 240. The van der Waals surface area contributed by atoms with Crippen molar-refractivity contribution >= 4 is 49.4 Å². The number of rotatable bonds is 6. The van der Waals surface area contributed by atoms with E-state index in [2.05, 4.69) is 0 Å². The molecule has 1 nitrogen and oxygen atoms in total.